The molecule has 0 aromatic heterocycles. The third-order valence-corrected chi connectivity index (χ3v) is 3.06. The van der Waals surface area contributed by atoms with Gasteiger partial charge in [0.05, 0.1) is 6.42 Å². The molecule has 88 valence electrons. The van der Waals surface area contributed by atoms with Crippen molar-refractivity contribution in [3.63, 3.8) is 0 Å². The monoisotopic (exact) mass is 333 g/mol. The highest BCUT2D eigenvalue weighted by molar-refractivity contribution is 14.1. The summed E-state index contributed by atoms with van der Waals surface area (Å²) < 4.78 is 0.983. The van der Waals surface area contributed by atoms with E-state index in [0.29, 0.717) is 0 Å². The molecule has 0 aliphatic carbocycles. The first kappa shape index (κ1) is 13.3. The molecule has 1 aromatic carbocycles. The van der Waals surface area contributed by atoms with Crippen molar-refractivity contribution in [2.45, 2.75) is 30.2 Å². The van der Waals surface area contributed by atoms with Crippen LogP contribution in [0.5, 0.6) is 0 Å². The van der Waals surface area contributed by atoms with E-state index < -0.39 is 11.5 Å². The Hall–Kier alpha value is -0.780. The first-order valence-corrected chi connectivity index (χ1v) is 6.60. The number of hydrogen-bond acceptors (Lipinski definition) is 2. The largest absolute Gasteiger partial charge is 0.481 e. The Bertz CT molecular complexity index is 360. The third-order valence-electron chi connectivity index (χ3n) is 2.18. The zero-order chi connectivity index (χ0) is 12.2. The number of carboxylic acids is 1. The van der Waals surface area contributed by atoms with Gasteiger partial charge in [0.2, 0.25) is 0 Å². The maximum Gasteiger partial charge on any atom is 0.305 e. The van der Waals surface area contributed by atoms with Crippen LogP contribution < -0.4 is 5.32 Å². The van der Waals surface area contributed by atoms with E-state index in [1.54, 1.807) is 0 Å². The van der Waals surface area contributed by atoms with Crippen molar-refractivity contribution in [3.8, 4) is 0 Å². The molecule has 16 heavy (non-hydrogen) atoms. The van der Waals surface area contributed by atoms with Crippen LogP contribution in [0.3, 0.4) is 0 Å². The lowest BCUT2D eigenvalue weighted by molar-refractivity contribution is -0.137. The van der Waals surface area contributed by atoms with Gasteiger partial charge < -0.3 is 10.4 Å². The van der Waals surface area contributed by atoms with Crippen LogP contribution >= 0.6 is 22.6 Å². The molecule has 0 atom stereocenters. The highest BCUT2D eigenvalue weighted by atomic mass is 127. The number of anilines is 1. The van der Waals surface area contributed by atoms with Gasteiger partial charge in [-0.15, -0.1) is 0 Å². The summed E-state index contributed by atoms with van der Waals surface area (Å²) in [6.45, 7) is 3.76. The Balaban J connectivity index is 2.68. The van der Waals surface area contributed by atoms with E-state index in [-0.39, 0.29) is 6.42 Å². The van der Waals surface area contributed by atoms with Gasteiger partial charge >= 0.3 is 5.97 Å². The quantitative estimate of drug-likeness (QED) is 0.642. The maximum absolute atomic E-state index is 10.7. The lowest BCUT2D eigenvalue weighted by atomic mass is 10.0. The molecule has 1 rings (SSSR count). The Morgan fingerprint density at radius 2 is 1.94 bits per heavy atom. The molecular formula is C12H16INO2. The first-order chi connectivity index (χ1) is 7.43. The Kier molecular flexibility index (Phi) is 4.58. The molecule has 0 heterocycles. The minimum atomic E-state index is -0.790. The van der Waals surface area contributed by atoms with Crippen LogP contribution in [0.2, 0.25) is 0 Å². The standard InChI is InChI=1S/C12H16INO2/c1-12(2,7-11(15)16)14-10-5-3-9(8-13)4-6-10/h3-6,14H,7-8H2,1-2H3,(H,15,16). The summed E-state index contributed by atoms with van der Waals surface area (Å²) in [4.78, 5) is 10.7. The smallest absolute Gasteiger partial charge is 0.305 e. The number of benzene rings is 1. The normalized spacial score (nSPS) is 11.2. The van der Waals surface area contributed by atoms with Gasteiger partial charge in [0, 0.05) is 15.7 Å². The van der Waals surface area contributed by atoms with Crippen LogP contribution in [0.15, 0.2) is 24.3 Å². The number of carboxylic acid groups (broad SMARTS) is 1. The summed E-state index contributed by atoms with van der Waals surface area (Å²) in [5.74, 6) is -0.790. The molecule has 0 fully saturated rings. The van der Waals surface area contributed by atoms with Crippen LogP contribution in [-0.2, 0) is 9.22 Å². The van der Waals surface area contributed by atoms with E-state index in [1.165, 1.54) is 5.56 Å². The summed E-state index contributed by atoms with van der Waals surface area (Å²) in [5, 5.41) is 12.0. The highest BCUT2D eigenvalue weighted by Crippen LogP contribution is 2.19. The second-order valence-corrected chi connectivity index (χ2v) is 5.17. The molecule has 0 aliphatic heterocycles. The van der Waals surface area contributed by atoms with Crippen molar-refractivity contribution in [2.24, 2.45) is 0 Å². The zero-order valence-corrected chi connectivity index (χ0v) is 11.6. The highest BCUT2D eigenvalue weighted by Gasteiger charge is 2.21. The van der Waals surface area contributed by atoms with Crippen molar-refractivity contribution in [1.29, 1.82) is 0 Å². The maximum atomic E-state index is 10.7. The van der Waals surface area contributed by atoms with Gasteiger partial charge in [-0.2, -0.15) is 0 Å². The van der Waals surface area contributed by atoms with Crippen molar-refractivity contribution in [3.05, 3.63) is 29.8 Å². The second-order valence-electron chi connectivity index (χ2n) is 4.41. The molecule has 3 nitrogen and oxygen atoms in total. The van der Waals surface area contributed by atoms with Crippen molar-refractivity contribution in [2.75, 3.05) is 5.32 Å². The van der Waals surface area contributed by atoms with Crippen molar-refractivity contribution in [1.82, 2.24) is 0 Å². The van der Waals surface area contributed by atoms with Gasteiger partial charge in [-0.3, -0.25) is 4.79 Å². The fraction of sp³-hybridized carbons (Fsp3) is 0.417. The predicted molar refractivity (Wildman–Crippen MR) is 74.1 cm³/mol. The van der Waals surface area contributed by atoms with Crippen molar-refractivity contribution >= 4 is 34.2 Å². The van der Waals surface area contributed by atoms with E-state index in [1.807, 2.05) is 38.1 Å². The van der Waals surface area contributed by atoms with Crippen LogP contribution in [-0.4, -0.2) is 16.6 Å². The van der Waals surface area contributed by atoms with Gasteiger partial charge in [0.1, 0.15) is 0 Å². The lowest BCUT2D eigenvalue weighted by Crippen LogP contribution is -2.33. The number of nitrogens with one attached hydrogen (secondary N) is 1. The first-order valence-electron chi connectivity index (χ1n) is 5.08. The van der Waals surface area contributed by atoms with Crippen LogP contribution in [0.1, 0.15) is 25.8 Å². The fourth-order valence-corrected chi connectivity index (χ4v) is 2.00. The second kappa shape index (κ2) is 5.52. The number of rotatable bonds is 5. The summed E-state index contributed by atoms with van der Waals surface area (Å²) in [6.07, 6.45) is 0.0982. The average molecular weight is 333 g/mol. The molecule has 2 N–H and O–H groups in total. The molecule has 1 aromatic rings. The molecule has 0 bridgehead atoms. The molecule has 0 saturated heterocycles. The number of carbonyl (C=O) groups is 1. The molecular weight excluding hydrogens is 317 g/mol. The predicted octanol–water partition coefficient (Wildman–Crippen LogP) is 3.29. The van der Waals surface area contributed by atoms with Crippen LogP contribution in [0.4, 0.5) is 5.69 Å². The topological polar surface area (TPSA) is 49.3 Å². The Morgan fingerprint density at radius 3 is 2.38 bits per heavy atom. The van der Waals surface area contributed by atoms with Crippen molar-refractivity contribution < 1.29 is 9.90 Å². The Labute approximate surface area is 109 Å². The summed E-state index contributed by atoms with van der Waals surface area (Å²) in [7, 11) is 0. The number of aliphatic carboxylic acids is 1. The van der Waals surface area contributed by atoms with E-state index in [0.717, 1.165) is 10.1 Å². The van der Waals surface area contributed by atoms with E-state index in [4.69, 9.17) is 5.11 Å². The van der Waals surface area contributed by atoms with Gasteiger partial charge in [-0.1, -0.05) is 34.7 Å². The zero-order valence-electron chi connectivity index (χ0n) is 9.46. The Morgan fingerprint density at radius 1 is 1.38 bits per heavy atom. The van der Waals surface area contributed by atoms with Crippen LogP contribution in [0, 0.1) is 0 Å². The summed E-state index contributed by atoms with van der Waals surface area (Å²) >= 11 is 2.31. The minimum absolute atomic E-state index is 0.0982. The number of alkyl halides is 1. The number of hydrogen-bond donors (Lipinski definition) is 2. The SMILES string of the molecule is CC(C)(CC(=O)O)Nc1ccc(CI)cc1. The molecule has 0 aliphatic rings. The number of halogens is 1. The van der Waals surface area contributed by atoms with Gasteiger partial charge in [0.25, 0.3) is 0 Å². The molecule has 0 saturated carbocycles. The summed E-state index contributed by atoms with van der Waals surface area (Å²) in [6, 6.07) is 8.06. The minimum Gasteiger partial charge on any atom is -0.481 e. The molecule has 4 heteroatoms. The molecule has 0 unspecified atom stereocenters. The lowest BCUT2D eigenvalue weighted by Gasteiger charge is -2.25. The molecule has 0 amide bonds. The fourth-order valence-electron chi connectivity index (χ4n) is 1.49. The van der Waals surface area contributed by atoms with Gasteiger partial charge in [-0.05, 0) is 31.5 Å². The molecule has 0 radical (unpaired) electrons. The van der Waals surface area contributed by atoms with E-state index in [2.05, 4.69) is 27.9 Å². The summed E-state index contributed by atoms with van der Waals surface area (Å²) in [5.41, 5.74) is 1.79. The molecule has 0 spiro atoms. The van der Waals surface area contributed by atoms with Crippen LogP contribution in [0.25, 0.3) is 0 Å². The average Bonchev–Trinajstić information content (AvgIpc) is 2.16. The third kappa shape index (κ3) is 4.38. The van der Waals surface area contributed by atoms with E-state index in [9.17, 15) is 4.79 Å². The van der Waals surface area contributed by atoms with Gasteiger partial charge in [-0.25, -0.2) is 0 Å². The van der Waals surface area contributed by atoms with E-state index >= 15 is 0 Å². The van der Waals surface area contributed by atoms with Gasteiger partial charge in [0.15, 0.2) is 0 Å².